The SMILES string of the molecule is O=C(NCC1(N2CCOCC2)CCCCC1)c1ccncc1. The minimum absolute atomic E-state index is 0.000563. The lowest BCUT2D eigenvalue weighted by molar-refractivity contribution is -0.0361. The highest BCUT2D eigenvalue weighted by Gasteiger charge is 2.38. The highest BCUT2D eigenvalue weighted by Crippen LogP contribution is 2.33. The average Bonchev–Trinajstić information content (AvgIpc) is 2.62. The topological polar surface area (TPSA) is 54.5 Å². The normalized spacial score (nSPS) is 22.2. The maximum Gasteiger partial charge on any atom is 0.251 e. The van der Waals surface area contributed by atoms with Gasteiger partial charge < -0.3 is 10.1 Å². The number of pyridine rings is 1. The van der Waals surface area contributed by atoms with Gasteiger partial charge in [0.15, 0.2) is 0 Å². The maximum absolute atomic E-state index is 12.3. The minimum atomic E-state index is 0.000563. The molecule has 0 radical (unpaired) electrons. The smallest absolute Gasteiger partial charge is 0.251 e. The molecule has 2 fully saturated rings. The van der Waals surface area contributed by atoms with Crippen LogP contribution in [-0.2, 0) is 4.74 Å². The van der Waals surface area contributed by atoms with Crippen LogP contribution in [0.4, 0.5) is 0 Å². The highest BCUT2D eigenvalue weighted by molar-refractivity contribution is 5.94. The van der Waals surface area contributed by atoms with Gasteiger partial charge in [-0.05, 0) is 25.0 Å². The molecule has 22 heavy (non-hydrogen) atoms. The number of hydrogen-bond donors (Lipinski definition) is 1. The molecule has 1 amide bonds. The van der Waals surface area contributed by atoms with E-state index in [1.165, 1.54) is 32.1 Å². The third kappa shape index (κ3) is 3.47. The molecule has 2 heterocycles. The predicted octanol–water partition coefficient (Wildman–Crippen LogP) is 1.85. The van der Waals surface area contributed by atoms with Crippen molar-refractivity contribution in [2.45, 2.75) is 37.6 Å². The van der Waals surface area contributed by atoms with E-state index < -0.39 is 0 Å². The number of carbonyl (C=O) groups is 1. The summed E-state index contributed by atoms with van der Waals surface area (Å²) in [7, 11) is 0. The Morgan fingerprint density at radius 2 is 1.86 bits per heavy atom. The first kappa shape index (κ1) is 15.4. The van der Waals surface area contributed by atoms with Gasteiger partial charge >= 0.3 is 0 Å². The molecule has 1 N–H and O–H groups in total. The fourth-order valence-electron chi connectivity index (χ4n) is 3.70. The van der Waals surface area contributed by atoms with Gasteiger partial charge in [-0.15, -0.1) is 0 Å². The number of morpholine rings is 1. The van der Waals surface area contributed by atoms with Crippen molar-refractivity contribution in [3.63, 3.8) is 0 Å². The Morgan fingerprint density at radius 1 is 1.18 bits per heavy atom. The van der Waals surface area contributed by atoms with Crippen molar-refractivity contribution in [2.75, 3.05) is 32.8 Å². The molecule has 1 aliphatic heterocycles. The third-order valence-electron chi connectivity index (χ3n) is 4.99. The molecule has 1 aromatic rings. The fourth-order valence-corrected chi connectivity index (χ4v) is 3.70. The van der Waals surface area contributed by atoms with Gasteiger partial charge in [-0.2, -0.15) is 0 Å². The van der Waals surface area contributed by atoms with Crippen LogP contribution in [0.2, 0.25) is 0 Å². The molecule has 3 rings (SSSR count). The number of aromatic nitrogens is 1. The minimum Gasteiger partial charge on any atom is -0.379 e. The molecule has 1 saturated carbocycles. The molecule has 1 saturated heterocycles. The number of nitrogens with zero attached hydrogens (tertiary/aromatic N) is 2. The summed E-state index contributed by atoms with van der Waals surface area (Å²) in [5.74, 6) is 0.000563. The van der Waals surface area contributed by atoms with E-state index in [2.05, 4.69) is 15.2 Å². The number of carbonyl (C=O) groups excluding carboxylic acids is 1. The predicted molar refractivity (Wildman–Crippen MR) is 84.8 cm³/mol. The van der Waals surface area contributed by atoms with Crippen LogP contribution in [0.25, 0.3) is 0 Å². The number of nitrogens with one attached hydrogen (secondary N) is 1. The zero-order chi connectivity index (χ0) is 15.3. The van der Waals surface area contributed by atoms with Crippen LogP contribution >= 0.6 is 0 Å². The van der Waals surface area contributed by atoms with Gasteiger partial charge in [0.2, 0.25) is 0 Å². The van der Waals surface area contributed by atoms with E-state index in [-0.39, 0.29) is 11.4 Å². The number of amides is 1. The summed E-state index contributed by atoms with van der Waals surface area (Å²) >= 11 is 0. The summed E-state index contributed by atoms with van der Waals surface area (Å²) in [6, 6.07) is 3.52. The first-order valence-corrected chi connectivity index (χ1v) is 8.31. The fraction of sp³-hybridized carbons (Fsp3) is 0.647. The Balaban J connectivity index is 1.66. The molecule has 0 spiro atoms. The van der Waals surface area contributed by atoms with Crippen molar-refractivity contribution in [3.05, 3.63) is 30.1 Å². The molecule has 120 valence electrons. The molecule has 1 aliphatic carbocycles. The van der Waals surface area contributed by atoms with Gasteiger partial charge in [-0.25, -0.2) is 0 Å². The third-order valence-corrected chi connectivity index (χ3v) is 4.99. The summed E-state index contributed by atoms with van der Waals surface area (Å²) in [6.07, 6.45) is 9.48. The second-order valence-corrected chi connectivity index (χ2v) is 6.30. The molecule has 2 aliphatic rings. The highest BCUT2D eigenvalue weighted by atomic mass is 16.5. The number of rotatable bonds is 4. The second-order valence-electron chi connectivity index (χ2n) is 6.30. The Morgan fingerprint density at radius 3 is 2.55 bits per heavy atom. The molecule has 0 aromatic carbocycles. The van der Waals surface area contributed by atoms with Crippen LogP contribution in [0.1, 0.15) is 42.5 Å². The molecule has 0 bridgehead atoms. The molecular formula is C17H25N3O2. The maximum atomic E-state index is 12.3. The standard InChI is InChI=1S/C17H25N3O2/c21-16(15-4-8-18-9-5-15)19-14-17(6-2-1-3-7-17)20-10-12-22-13-11-20/h4-5,8-9H,1-3,6-7,10-14H2,(H,19,21). The van der Waals surface area contributed by atoms with E-state index >= 15 is 0 Å². The van der Waals surface area contributed by atoms with Crippen molar-refractivity contribution >= 4 is 5.91 Å². The van der Waals surface area contributed by atoms with Gasteiger partial charge in [-0.3, -0.25) is 14.7 Å². The van der Waals surface area contributed by atoms with Crippen LogP contribution in [0.5, 0.6) is 0 Å². The monoisotopic (exact) mass is 303 g/mol. The van der Waals surface area contributed by atoms with Crippen molar-refractivity contribution < 1.29 is 9.53 Å². The number of hydrogen-bond acceptors (Lipinski definition) is 4. The molecular weight excluding hydrogens is 278 g/mol. The quantitative estimate of drug-likeness (QED) is 0.922. The Hall–Kier alpha value is -1.46. The van der Waals surface area contributed by atoms with Crippen molar-refractivity contribution in [1.29, 1.82) is 0 Å². The zero-order valence-corrected chi connectivity index (χ0v) is 13.1. The van der Waals surface area contributed by atoms with Gasteiger partial charge in [0, 0.05) is 43.1 Å². The average molecular weight is 303 g/mol. The first-order valence-electron chi connectivity index (χ1n) is 8.31. The lowest BCUT2D eigenvalue weighted by atomic mass is 9.79. The number of ether oxygens (including phenoxy) is 1. The van der Waals surface area contributed by atoms with E-state index in [0.29, 0.717) is 5.56 Å². The van der Waals surface area contributed by atoms with E-state index in [4.69, 9.17) is 4.74 Å². The van der Waals surface area contributed by atoms with Gasteiger partial charge in [0.05, 0.1) is 13.2 Å². The van der Waals surface area contributed by atoms with Crippen LogP contribution in [0.3, 0.4) is 0 Å². The summed E-state index contributed by atoms with van der Waals surface area (Å²) in [6.45, 7) is 4.30. The summed E-state index contributed by atoms with van der Waals surface area (Å²) in [5, 5.41) is 3.16. The largest absolute Gasteiger partial charge is 0.379 e. The van der Waals surface area contributed by atoms with E-state index in [0.717, 1.165) is 32.8 Å². The summed E-state index contributed by atoms with van der Waals surface area (Å²) < 4.78 is 5.49. The molecule has 5 heteroatoms. The van der Waals surface area contributed by atoms with Crippen molar-refractivity contribution in [2.24, 2.45) is 0 Å². The van der Waals surface area contributed by atoms with E-state index in [1.54, 1.807) is 24.5 Å². The van der Waals surface area contributed by atoms with E-state index in [1.807, 2.05) is 0 Å². The van der Waals surface area contributed by atoms with Crippen molar-refractivity contribution in [1.82, 2.24) is 15.2 Å². The van der Waals surface area contributed by atoms with Crippen LogP contribution < -0.4 is 5.32 Å². The second kappa shape index (κ2) is 7.20. The molecule has 0 unspecified atom stereocenters. The lowest BCUT2D eigenvalue weighted by Gasteiger charge is -2.48. The van der Waals surface area contributed by atoms with Gasteiger partial charge in [0.1, 0.15) is 0 Å². The van der Waals surface area contributed by atoms with Crippen molar-refractivity contribution in [3.8, 4) is 0 Å². The zero-order valence-electron chi connectivity index (χ0n) is 13.1. The molecule has 5 nitrogen and oxygen atoms in total. The van der Waals surface area contributed by atoms with Crippen LogP contribution in [0, 0.1) is 0 Å². The van der Waals surface area contributed by atoms with Crippen LogP contribution in [-0.4, -0.2) is 54.2 Å². The molecule has 0 atom stereocenters. The van der Waals surface area contributed by atoms with Gasteiger partial charge in [0.25, 0.3) is 5.91 Å². The summed E-state index contributed by atoms with van der Waals surface area (Å²) in [5.41, 5.74) is 0.799. The van der Waals surface area contributed by atoms with Crippen LogP contribution in [0.15, 0.2) is 24.5 Å². The Kier molecular flexibility index (Phi) is 5.05. The summed E-state index contributed by atoms with van der Waals surface area (Å²) in [4.78, 5) is 18.8. The first-order chi connectivity index (χ1) is 10.8. The van der Waals surface area contributed by atoms with Gasteiger partial charge in [-0.1, -0.05) is 19.3 Å². The Labute approximate surface area is 132 Å². The molecule has 1 aromatic heterocycles. The van der Waals surface area contributed by atoms with E-state index in [9.17, 15) is 4.79 Å². The Bertz CT molecular complexity index is 480. The lowest BCUT2D eigenvalue weighted by Crippen LogP contribution is -2.59.